The lowest BCUT2D eigenvalue weighted by Crippen LogP contribution is -2.17. The van der Waals surface area contributed by atoms with Crippen molar-refractivity contribution in [2.75, 3.05) is 0 Å². The highest BCUT2D eigenvalue weighted by molar-refractivity contribution is 6.33. The van der Waals surface area contributed by atoms with Crippen molar-refractivity contribution in [2.24, 2.45) is 5.10 Å². The molecule has 96 valence electrons. The van der Waals surface area contributed by atoms with E-state index in [0.29, 0.717) is 16.1 Å². The highest BCUT2D eigenvalue weighted by Gasteiger charge is 2.07. The predicted octanol–water partition coefficient (Wildman–Crippen LogP) is 3.24. The van der Waals surface area contributed by atoms with Crippen LogP contribution in [0.4, 0.5) is 4.39 Å². The number of rotatable bonds is 3. The molecule has 0 unspecified atom stereocenters. The molecule has 5 heteroatoms. The van der Waals surface area contributed by atoms with Crippen LogP contribution in [0.15, 0.2) is 53.6 Å². The van der Waals surface area contributed by atoms with Crippen LogP contribution in [0.3, 0.4) is 0 Å². The topological polar surface area (TPSA) is 41.5 Å². The summed E-state index contributed by atoms with van der Waals surface area (Å²) in [5.41, 5.74) is 3.22. The van der Waals surface area contributed by atoms with E-state index in [2.05, 4.69) is 10.5 Å². The van der Waals surface area contributed by atoms with Crippen molar-refractivity contribution in [3.63, 3.8) is 0 Å². The number of hydrazone groups is 1. The van der Waals surface area contributed by atoms with Gasteiger partial charge in [0.05, 0.1) is 16.8 Å². The fourth-order valence-corrected chi connectivity index (χ4v) is 1.68. The molecule has 0 aliphatic heterocycles. The molecule has 0 aliphatic rings. The van der Waals surface area contributed by atoms with E-state index in [-0.39, 0.29) is 5.82 Å². The van der Waals surface area contributed by atoms with Crippen LogP contribution in [0.1, 0.15) is 15.9 Å². The lowest BCUT2D eigenvalue weighted by Gasteiger charge is -2.01. The third-order valence-corrected chi connectivity index (χ3v) is 2.68. The van der Waals surface area contributed by atoms with Crippen molar-refractivity contribution in [3.8, 4) is 0 Å². The number of amides is 1. The molecule has 3 nitrogen and oxygen atoms in total. The van der Waals surface area contributed by atoms with Crippen molar-refractivity contribution in [1.82, 2.24) is 5.43 Å². The molecule has 0 aliphatic carbocycles. The number of hydrogen-bond acceptors (Lipinski definition) is 2. The third kappa shape index (κ3) is 3.63. The predicted molar refractivity (Wildman–Crippen MR) is 72.9 cm³/mol. The van der Waals surface area contributed by atoms with Crippen LogP contribution in [0, 0.1) is 5.82 Å². The number of hydrogen-bond donors (Lipinski definition) is 1. The van der Waals surface area contributed by atoms with Gasteiger partial charge in [0, 0.05) is 0 Å². The lowest BCUT2D eigenvalue weighted by atomic mass is 10.2. The number of benzene rings is 2. The largest absolute Gasteiger partial charge is 0.272 e. The molecule has 2 rings (SSSR count). The minimum Gasteiger partial charge on any atom is -0.267 e. The summed E-state index contributed by atoms with van der Waals surface area (Å²) >= 11 is 5.87. The summed E-state index contributed by atoms with van der Waals surface area (Å²) in [6, 6.07) is 12.5. The molecule has 0 saturated heterocycles. The molecule has 0 saturated carbocycles. The molecule has 0 aromatic heterocycles. The quantitative estimate of drug-likeness (QED) is 0.679. The average molecular weight is 277 g/mol. The second kappa shape index (κ2) is 6.11. The Balaban J connectivity index is 2.03. The van der Waals surface area contributed by atoms with E-state index in [9.17, 15) is 9.18 Å². The summed E-state index contributed by atoms with van der Waals surface area (Å²) < 4.78 is 12.9. The first-order chi connectivity index (χ1) is 9.16. The van der Waals surface area contributed by atoms with Crippen LogP contribution in [0.5, 0.6) is 0 Å². The van der Waals surface area contributed by atoms with Crippen LogP contribution in [0.2, 0.25) is 5.02 Å². The number of carbonyl (C=O) groups is 1. The molecule has 0 heterocycles. The van der Waals surface area contributed by atoms with E-state index in [4.69, 9.17) is 11.6 Å². The zero-order chi connectivity index (χ0) is 13.7. The molecule has 2 aromatic carbocycles. The van der Waals surface area contributed by atoms with Crippen LogP contribution in [-0.2, 0) is 0 Å². The van der Waals surface area contributed by atoms with Gasteiger partial charge in [0.2, 0.25) is 0 Å². The SMILES string of the molecule is O=C(NN=Cc1cccc(F)c1)c1ccccc1Cl. The molecule has 1 amide bonds. The molecule has 0 bridgehead atoms. The van der Waals surface area contributed by atoms with E-state index in [0.717, 1.165) is 0 Å². The van der Waals surface area contributed by atoms with Crippen molar-refractivity contribution >= 4 is 23.7 Å². The maximum atomic E-state index is 12.9. The number of nitrogens with one attached hydrogen (secondary N) is 1. The normalized spacial score (nSPS) is 10.6. The number of halogens is 2. The van der Waals surface area contributed by atoms with Crippen LogP contribution >= 0.6 is 11.6 Å². The molecular formula is C14H10ClFN2O. The average Bonchev–Trinajstić information content (AvgIpc) is 2.39. The molecule has 1 N–H and O–H groups in total. The summed E-state index contributed by atoms with van der Waals surface area (Å²) in [5.74, 6) is -0.778. The van der Waals surface area contributed by atoms with Crippen molar-refractivity contribution < 1.29 is 9.18 Å². The van der Waals surface area contributed by atoms with Gasteiger partial charge < -0.3 is 0 Å². The zero-order valence-corrected chi connectivity index (χ0v) is 10.6. The third-order valence-electron chi connectivity index (χ3n) is 2.35. The second-order valence-corrected chi connectivity index (χ2v) is 4.14. The molecule has 0 fully saturated rings. The van der Waals surface area contributed by atoms with Gasteiger partial charge in [-0.25, -0.2) is 9.82 Å². The number of carbonyl (C=O) groups excluding carboxylic acids is 1. The number of nitrogens with zero attached hydrogens (tertiary/aromatic N) is 1. The first kappa shape index (κ1) is 13.2. The monoisotopic (exact) mass is 276 g/mol. The summed E-state index contributed by atoms with van der Waals surface area (Å²) in [5, 5.41) is 4.10. The Morgan fingerprint density at radius 2 is 2.00 bits per heavy atom. The minimum absolute atomic E-state index is 0.334. The molecular weight excluding hydrogens is 267 g/mol. The van der Waals surface area contributed by atoms with E-state index in [1.165, 1.54) is 18.3 Å². The van der Waals surface area contributed by atoms with E-state index >= 15 is 0 Å². The molecule has 0 spiro atoms. The highest BCUT2D eigenvalue weighted by Crippen LogP contribution is 2.14. The van der Waals surface area contributed by atoms with Crippen LogP contribution < -0.4 is 5.43 Å². The van der Waals surface area contributed by atoms with Crippen molar-refractivity contribution in [3.05, 3.63) is 70.5 Å². The fourth-order valence-electron chi connectivity index (χ4n) is 1.46. The van der Waals surface area contributed by atoms with E-state index < -0.39 is 5.91 Å². The zero-order valence-electron chi connectivity index (χ0n) is 9.81. The van der Waals surface area contributed by atoms with Gasteiger partial charge in [0.15, 0.2) is 0 Å². The van der Waals surface area contributed by atoms with Gasteiger partial charge in [-0.2, -0.15) is 5.10 Å². The van der Waals surface area contributed by atoms with E-state index in [1.54, 1.807) is 36.4 Å². The van der Waals surface area contributed by atoms with E-state index in [1.807, 2.05) is 0 Å². The van der Waals surface area contributed by atoms with Gasteiger partial charge in [-0.3, -0.25) is 4.79 Å². The smallest absolute Gasteiger partial charge is 0.267 e. The Bertz CT molecular complexity index is 628. The molecule has 2 aromatic rings. The lowest BCUT2D eigenvalue weighted by molar-refractivity contribution is 0.0955. The molecule has 19 heavy (non-hydrogen) atoms. The Hall–Kier alpha value is -2.20. The Morgan fingerprint density at radius 3 is 2.74 bits per heavy atom. The summed E-state index contributed by atoms with van der Waals surface area (Å²) in [6.07, 6.45) is 1.36. The summed E-state index contributed by atoms with van der Waals surface area (Å²) in [4.78, 5) is 11.7. The van der Waals surface area contributed by atoms with Gasteiger partial charge in [-0.15, -0.1) is 0 Å². The molecule has 0 radical (unpaired) electrons. The Labute approximate surface area is 114 Å². The maximum absolute atomic E-state index is 12.9. The first-order valence-electron chi connectivity index (χ1n) is 5.50. The second-order valence-electron chi connectivity index (χ2n) is 3.73. The van der Waals surface area contributed by atoms with Gasteiger partial charge >= 0.3 is 0 Å². The Kier molecular flexibility index (Phi) is 4.26. The standard InChI is InChI=1S/C14H10ClFN2O/c15-13-7-2-1-6-12(13)14(19)18-17-9-10-4-3-5-11(16)8-10/h1-9H,(H,18,19). The van der Waals surface area contributed by atoms with Crippen molar-refractivity contribution in [2.45, 2.75) is 0 Å². The van der Waals surface area contributed by atoms with Gasteiger partial charge in [0.25, 0.3) is 5.91 Å². The highest BCUT2D eigenvalue weighted by atomic mass is 35.5. The first-order valence-corrected chi connectivity index (χ1v) is 5.88. The van der Waals surface area contributed by atoms with Gasteiger partial charge in [-0.1, -0.05) is 35.9 Å². The molecule has 0 atom stereocenters. The maximum Gasteiger partial charge on any atom is 0.272 e. The van der Waals surface area contributed by atoms with Gasteiger partial charge in [-0.05, 0) is 29.8 Å². The van der Waals surface area contributed by atoms with Crippen LogP contribution in [-0.4, -0.2) is 12.1 Å². The summed E-state index contributed by atoms with van der Waals surface area (Å²) in [6.45, 7) is 0. The van der Waals surface area contributed by atoms with Crippen LogP contribution in [0.25, 0.3) is 0 Å². The van der Waals surface area contributed by atoms with Crippen molar-refractivity contribution in [1.29, 1.82) is 0 Å². The fraction of sp³-hybridized carbons (Fsp3) is 0. The summed E-state index contributed by atoms with van der Waals surface area (Å²) in [7, 11) is 0. The van der Waals surface area contributed by atoms with Gasteiger partial charge in [0.1, 0.15) is 5.82 Å². The minimum atomic E-state index is -0.418. The Morgan fingerprint density at radius 1 is 1.21 bits per heavy atom.